The van der Waals surface area contributed by atoms with E-state index in [1.54, 1.807) is 0 Å². The highest BCUT2D eigenvalue weighted by molar-refractivity contribution is 5.87. The average Bonchev–Trinajstić information content (AvgIpc) is 3.16. The number of nitrogens with zero attached hydrogens (tertiary/aromatic N) is 1. The zero-order valence-corrected chi connectivity index (χ0v) is 16.9. The van der Waals surface area contributed by atoms with E-state index >= 15 is 0 Å². The summed E-state index contributed by atoms with van der Waals surface area (Å²) in [7, 11) is 1.88. The molecule has 4 nitrogen and oxygen atoms in total. The monoisotopic (exact) mass is 371 g/mol. The van der Waals surface area contributed by atoms with Crippen LogP contribution in [-0.4, -0.2) is 54.2 Å². The van der Waals surface area contributed by atoms with Crippen LogP contribution < -0.4 is 0 Å². The summed E-state index contributed by atoms with van der Waals surface area (Å²) in [6.07, 6.45) is 4.72. The number of Topliss-reactive ketones (excluding diaryl/α,β-unsaturated/α-hetero) is 1. The van der Waals surface area contributed by atoms with Gasteiger partial charge in [0.2, 0.25) is 0 Å². The number of carbonyl (C=O) groups excluding carboxylic acids is 1. The Morgan fingerprint density at radius 3 is 2.85 bits per heavy atom. The summed E-state index contributed by atoms with van der Waals surface area (Å²) in [5, 5.41) is 11.5. The van der Waals surface area contributed by atoms with E-state index in [1.807, 2.05) is 7.11 Å². The molecule has 6 fully saturated rings. The molecule has 1 aliphatic heterocycles. The lowest BCUT2D eigenvalue weighted by Crippen LogP contribution is -2.68. The zero-order chi connectivity index (χ0) is 18.9. The maximum Gasteiger partial charge on any atom is 0.140 e. The summed E-state index contributed by atoms with van der Waals surface area (Å²) in [6.45, 7) is 11.2. The number of ketones is 1. The highest BCUT2D eigenvalue weighted by atomic mass is 16.5. The number of aliphatic hydroxyl groups excluding tert-OH is 1. The molecular formula is C23H33NO3. The number of fused-ring (bicyclic) bond motifs is 1. The molecule has 5 saturated carbocycles. The number of aliphatic hydroxyl groups is 1. The Morgan fingerprint density at radius 2 is 2.15 bits per heavy atom. The summed E-state index contributed by atoms with van der Waals surface area (Å²) in [5.74, 6) is 1.60. The molecule has 10 atom stereocenters. The van der Waals surface area contributed by atoms with E-state index in [0.717, 1.165) is 25.0 Å². The summed E-state index contributed by atoms with van der Waals surface area (Å²) in [5.41, 5.74) is 1.03. The molecule has 0 aromatic rings. The molecule has 27 heavy (non-hydrogen) atoms. The van der Waals surface area contributed by atoms with Gasteiger partial charge in [0.15, 0.2) is 0 Å². The van der Waals surface area contributed by atoms with Crippen LogP contribution in [0.3, 0.4) is 0 Å². The average molecular weight is 372 g/mol. The topological polar surface area (TPSA) is 49.8 Å². The first-order chi connectivity index (χ1) is 12.9. The third-order valence-corrected chi connectivity index (χ3v) is 10.6. The van der Waals surface area contributed by atoms with Crippen LogP contribution in [0.1, 0.15) is 46.0 Å². The number of methoxy groups -OCH3 is 1. The molecule has 5 aliphatic carbocycles. The lowest BCUT2D eigenvalue weighted by molar-refractivity contribution is -0.218. The number of carbonyl (C=O) groups is 1. The van der Waals surface area contributed by atoms with Gasteiger partial charge in [-0.1, -0.05) is 20.4 Å². The van der Waals surface area contributed by atoms with Crippen LogP contribution in [0.4, 0.5) is 0 Å². The van der Waals surface area contributed by atoms with Crippen molar-refractivity contribution >= 4 is 5.78 Å². The van der Waals surface area contributed by atoms with E-state index in [9.17, 15) is 9.90 Å². The van der Waals surface area contributed by atoms with Crippen LogP contribution in [0.2, 0.25) is 0 Å². The molecule has 0 aromatic heterocycles. The Labute approximate surface area is 162 Å². The normalized spacial score (nSPS) is 60.8. The summed E-state index contributed by atoms with van der Waals surface area (Å²) < 4.78 is 6.22. The smallest absolute Gasteiger partial charge is 0.140 e. The van der Waals surface area contributed by atoms with Crippen LogP contribution in [-0.2, 0) is 9.53 Å². The van der Waals surface area contributed by atoms with Gasteiger partial charge in [0.1, 0.15) is 5.78 Å². The van der Waals surface area contributed by atoms with Crippen molar-refractivity contribution in [1.82, 2.24) is 4.90 Å². The lowest BCUT2D eigenvalue weighted by Gasteiger charge is -2.65. The van der Waals surface area contributed by atoms with Gasteiger partial charge in [0.05, 0.1) is 12.2 Å². The molecule has 0 aromatic carbocycles. The van der Waals surface area contributed by atoms with Crippen molar-refractivity contribution in [2.24, 2.45) is 39.9 Å². The van der Waals surface area contributed by atoms with Gasteiger partial charge in [-0.15, -0.1) is 0 Å². The van der Waals surface area contributed by atoms with Crippen LogP contribution in [0, 0.1) is 39.9 Å². The van der Waals surface area contributed by atoms with Crippen LogP contribution in [0.5, 0.6) is 0 Å². The lowest BCUT2D eigenvalue weighted by atomic mass is 9.43. The second kappa shape index (κ2) is 4.88. The molecular weight excluding hydrogens is 338 g/mol. The second-order valence-corrected chi connectivity index (χ2v) is 10.9. The molecule has 148 valence electrons. The Balaban J connectivity index is 1.62. The van der Waals surface area contributed by atoms with E-state index in [4.69, 9.17) is 4.74 Å². The maximum absolute atomic E-state index is 13.1. The Hall–Kier alpha value is -0.710. The van der Waals surface area contributed by atoms with Crippen LogP contribution in [0.25, 0.3) is 0 Å². The Morgan fingerprint density at radius 1 is 1.37 bits per heavy atom. The molecule has 4 heteroatoms. The molecule has 0 radical (unpaired) electrons. The van der Waals surface area contributed by atoms with Gasteiger partial charge in [-0.05, 0) is 61.0 Å². The Kier molecular flexibility index (Phi) is 3.10. The third kappa shape index (κ3) is 1.51. The summed E-state index contributed by atoms with van der Waals surface area (Å²) in [4.78, 5) is 15.8. The summed E-state index contributed by atoms with van der Waals surface area (Å²) in [6, 6.07) is 0.461. The molecule has 1 N–H and O–H groups in total. The molecule has 0 amide bonds. The standard InChI is InChI=1S/C23H33NO3/c1-5-24-11-21(3)7-6-18(27-4)23-16(21)8-14(19(23)24)22-10-13(12(2)20(22)26)15(25)9-17(22)23/h13-14,16-20,26H,2,5-11H2,1,3-4H3/t13?,14-,16+,17?,18?,19?,20?,21-,22?,23?/m0/s1. The fourth-order valence-corrected chi connectivity index (χ4v) is 10.0. The van der Waals surface area contributed by atoms with Gasteiger partial charge in [-0.25, -0.2) is 0 Å². The van der Waals surface area contributed by atoms with Crippen molar-refractivity contribution < 1.29 is 14.6 Å². The predicted molar refractivity (Wildman–Crippen MR) is 102 cm³/mol. The van der Waals surface area contributed by atoms with Crippen LogP contribution >= 0.6 is 0 Å². The van der Waals surface area contributed by atoms with E-state index in [1.165, 1.54) is 19.4 Å². The van der Waals surface area contributed by atoms with Gasteiger partial charge < -0.3 is 9.84 Å². The summed E-state index contributed by atoms with van der Waals surface area (Å²) >= 11 is 0. The quantitative estimate of drug-likeness (QED) is 0.758. The van der Waals surface area contributed by atoms with Crippen molar-refractivity contribution in [2.75, 3.05) is 20.2 Å². The first kappa shape index (κ1) is 17.2. The van der Waals surface area contributed by atoms with E-state index < -0.39 is 6.10 Å². The minimum absolute atomic E-state index is 0.0346. The molecule has 6 rings (SSSR count). The van der Waals surface area contributed by atoms with E-state index in [0.29, 0.717) is 35.5 Å². The van der Waals surface area contributed by atoms with Crippen molar-refractivity contribution in [3.05, 3.63) is 12.2 Å². The first-order valence-electron chi connectivity index (χ1n) is 11.0. The fourth-order valence-electron chi connectivity index (χ4n) is 10.0. The van der Waals surface area contributed by atoms with E-state index in [2.05, 4.69) is 25.3 Å². The predicted octanol–water partition coefficient (Wildman–Crippen LogP) is 2.65. The molecule has 7 bridgehead atoms. The van der Waals surface area contributed by atoms with Gasteiger partial charge in [0.25, 0.3) is 0 Å². The van der Waals surface area contributed by atoms with Gasteiger partial charge >= 0.3 is 0 Å². The van der Waals surface area contributed by atoms with Crippen molar-refractivity contribution in [1.29, 1.82) is 0 Å². The van der Waals surface area contributed by atoms with Crippen molar-refractivity contribution in [3.8, 4) is 0 Å². The minimum atomic E-state index is -0.505. The minimum Gasteiger partial charge on any atom is -0.388 e. The zero-order valence-electron chi connectivity index (χ0n) is 16.9. The largest absolute Gasteiger partial charge is 0.388 e. The van der Waals surface area contributed by atoms with Gasteiger partial charge in [-0.3, -0.25) is 9.69 Å². The maximum atomic E-state index is 13.1. The van der Waals surface area contributed by atoms with Crippen molar-refractivity contribution in [3.63, 3.8) is 0 Å². The second-order valence-electron chi connectivity index (χ2n) is 10.9. The molecule has 1 heterocycles. The number of rotatable bonds is 2. The van der Waals surface area contributed by atoms with Gasteiger partial charge in [-0.2, -0.15) is 0 Å². The number of piperidine rings is 1. The third-order valence-electron chi connectivity index (χ3n) is 10.6. The van der Waals surface area contributed by atoms with Crippen molar-refractivity contribution in [2.45, 2.75) is 64.2 Å². The van der Waals surface area contributed by atoms with Crippen LogP contribution in [0.15, 0.2) is 12.2 Å². The number of hydrogen-bond acceptors (Lipinski definition) is 4. The van der Waals surface area contributed by atoms with E-state index in [-0.39, 0.29) is 28.8 Å². The molecule has 6 aliphatic rings. The fraction of sp³-hybridized carbons (Fsp3) is 0.870. The SMILES string of the molecule is C=C1C2CC3(C1O)C(CC2=O)C12C(OC)CC[C@@]4(C)CN(CC)C1[C@@H]3C[C@@H]24. The highest BCUT2D eigenvalue weighted by Gasteiger charge is 2.85. The number of likely N-dealkylation sites (tertiary alicyclic amines) is 1. The Bertz CT molecular complexity index is 750. The van der Waals surface area contributed by atoms with Gasteiger partial charge in [0, 0.05) is 42.9 Å². The number of hydrogen-bond donors (Lipinski definition) is 1. The highest BCUT2D eigenvalue weighted by Crippen LogP contribution is 2.83. The molecule has 2 spiro atoms. The number of ether oxygens (including phenoxy) is 1. The molecule has 1 saturated heterocycles. The first-order valence-corrected chi connectivity index (χ1v) is 11.0. The molecule has 7 unspecified atom stereocenters.